The van der Waals surface area contributed by atoms with E-state index in [0.29, 0.717) is 6.61 Å². The van der Waals surface area contributed by atoms with Crippen LogP contribution in [0.3, 0.4) is 0 Å². The number of hydrogen-bond donors (Lipinski definition) is 0. The molecule has 1 unspecified atom stereocenters. The van der Waals surface area contributed by atoms with Crippen molar-refractivity contribution in [2.45, 2.75) is 83.8 Å². The number of ether oxygens (including phenoxy) is 4. The third-order valence-electron chi connectivity index (χ3n) is 10.2. The Bertz CT molecular complexity index is 1600. The number of aryl methyl sites for hydroxylation is 1. The minimum atomic E-state index is -0.252. The Labute approximate surface area is 248 Å². The second kappa shape index (κ2) is 10.2. The number of rotatable bonds is 5. The summed E-state index contributed by atoms with van der Waals surface area (Å²) in [6.07, 6.45) is 2.45. The predicted molar refractivity (Wildman–Crippen MR) is 160 cm³/mol. The normalized spacial score (nSPS) is 25.7. The van der Waals surface area contributed by atoms with Crippen molar-refractivity contribution >= 4 is 0 Å². The second-order valence-electron chi connectivity index (χ2n) is 12.2. The standard InChI is InChI=1S/C35H39N3O4/c1-7-25-30-24(33(21(4)34-35(30)42-18-41-34)40-17-22-11-9-8-10-12-22)15-27-31-29-20(3)32(39-6)19(2)13-23(29)14-26(37(31)5)28(16-36)38(25)27/h8-13,25-28,31H,7,14-15,17-18H2,1-6H3/t25-,26-,27-,28-,31?/m0/s1. The van der Waals surface area contributed by atoms with Crippen LogP contribution in [0.5, 0.6) is 23.0 Å². The molecule has 4 aliphatic heterocycles. The van der Waals surface area contributed by atoms with Crippen molar-refractivity contribution in [2.75, 3.05) is 21.0 Å². The third-order valence-corrected chi connectivity index (χ3v) is 10.2. The molecule has 0 amide bonds. The molecule has 0 aliphatic carbocycles. The number of likely N-dealkylation sites (N-methyl/N-ethyl adjacent to an activating group) is 1. The van der Waals surface area contributed by atoms with Crippen LogP contribution >= 0.6 is 0 Å². The molecule has 1 fully saturated rings. The summed E-state index contributed by atoms with van der Waals surface area (Å²) in [5, 5.41) is 10.7. The summed E-state index contributed by atoms with van der Waals surface area (Å²) >= 11 is 0. The summed E-state index contributed by atoms with van der Waals surface area (Å²) in [6.45, 7) is 9.30. The highest BCUT2D eigenvalue weighted by molar-refractivity contribution is 5.66. The van der Waals surface area contributed by atoms with E-state index in [4.69, 9.17) is 18.9 Å². The van der Waals surface area contributed by atoms with Crippen molar-refractivity contribution in [3.8, 4) is 29.1 Å². The summed E-state index contributed by atoms with van der Waals surface area (Å²) in [5.74, 6) is 3.46. The number of nitriles is 1. The van der Waals surface area contributed by atoms with Gasteiger partial charge in [0.2, 0.25) is 6.79 Å². The van der Waals surface area contributed by atoms with Gasteiger partial charge in [-0.05, 0) is 74.9 Å². The molecule has 7 nitrogen and oxygen atoms in total. The zero-order chi connectivity index (χ0) is 29.3. The summed E-state index contributed by atoms with van der Waals surface area (Å²) in [7, 11) is 3.97. The zero-order valence-electron chi connectivity index (χ0n) is 25.4. The lowest BCUT2D eigenvalue weighted by Gasteiger charge is -2.60. The topological polar surface area (TPSA) is 67.2 Å². The second-order valence-corrected chi connectivity index (χ2v) is 12.2. The first-order chi connectivity index (χ1) is 20.4. The SMILES string of the molecule is CC[C@H]1c2c(c(OCc3ccccc3)c(C)c3c2OCO3)C[C@H]2C3c4c(cc(C)c(OC)c4C)C[C@@H]([C@H](C#N)N12)N3C. The van der Waals surface area contributed by atoms with Gasteiger partial charge in [0.15, 0.2) is 11.5 Å². The predicted octanol–water partition coefficient (Wildman–Crippen LogP) is 6.11. The van der Waals surface area contributed by atoms with Crippen molar-refractivity contribution in [3.63, 3.8) is 0 Å². The number of nitrogens with zero attached hydrogens (tertiary/aromatic N) is 3. The Morgan fingerprint density at radius 1 is 0.976 bits per heavy atom. The average Bonchev–Trinajstić information content (AvgIpc) is 3.48. The van der Waals surface area contributed by atoms with Crippen LogP contribution in [-0.2, 0) is 19.4 Å². The van der Waals surface area contributed by atoms with Gasteiger partial charge in [0.1, 0.15) is 24.1 Å². The molecular formula is C35H39N3O4. The maximum absolute atomic E-state index is 10.7. The Balaban J connectivity index is 1.43. The molecule has 7 heteroatoms. The van der Waals surface area contributed by atoms with Gasteiger partial charge in [-0.2, -0.15) is 5.26 Å². The highest BCUT2D eigenvalue weighted by Crippen LogP contribution is 2.58. The molecule has 0 radical (unpaired) electrons. The van der Waals surface area contributed by atoms with Crippen LogP contribution in [0.25, 0.3) is 0 Å². The Kier molecular flexibility index (Phi) is 6.60. The number of hydrogen-bond acceptors (Lipinski definition) is 7. The van der Waals surface area contributed by atoms with Gasteiger partial charge in [-0.3, -0.25) is 9.80 Å². The largest absolute Gasteiger partial charge is 0.496 e. The van der Waals surface area contributed by atoms with E-state index in [9.17, 15) is 5.26 Å². The van der Waals surface area contributed by atoms with Crippen molar-refractivity contribution in [2.24, 2.45) is 0 Å². The summed E-state index contributed by atoms with van der Waals surface area (Å²) < 4.78 is 24.9. The number of methoxy groups -OCH3 is 1. The van der Waals surface area contributed by atoms with Crippen molar-refractivity contribution < 1.29 is 18.9 Å². The number of fused-ring (bicyclic) bond motifs is 9. The fraction of sp³-hybridized carbons (Fsp3) is 0.457. The van der Waals surface area contributed by atoms with E-state index < -0.39 is 0 Å². The summed E-state index contributed by atoms with van der Waals surface area (Å²) in [5.41, 5.74) is 9.49. The highest BCUT2D eigenvalue weighted by atomic mass is 16.7. The van der Waals surface area contributed by atoms with E-state index in [0.717, 1.165) is 64.5 Å². The molecule has 7 rings (SSSR count). The van der Waals surface area contributed by atoms with Gasteiger partial charge in [-0.25, -0.2) is 0 Å². The molecular weight excluding hydrogens is 526 g/mol. The molecule has 0 N–H and O–H groups in total. The number of piperazine rings is 1. The van der Waals surface area contributed by atoms with Crippen LogP contribution in [0, 0.1) is 32.1 Å². The molecule has 42 heavy (non-hydrogen) atoms. The van der Waals surface area contributed by atoms with E-state index in [1.54, 1.807) is 7.11 Å². The minimum absolute atomic E-state index is 0.00595. The molecule has 1 saturated heterocycles. The summed E-state index contributed by atoms with van der Waals surface area (Å²) in [4.78, 5) is 4.99. The van der Waals surface area contributed by atoms with Gasteiger partial charge < -0.3 is 18.9 Å². The first-order valence-electron chi connectivity index (χ1n) is 15.1. The number of benzene rings is 3. The highest BCUT2D eigenvalue weighted by Gasteiger charge is 2.56. The smallest absolute Gasteiger partial charge is 0.231 e. The molecule has 4 aliphatic rings. The van der Waals surface area contributed by atoms with Crippen LogP contribution in [0.15, 0.2) is 36.4 Å². The molecule has 0 saturated carbocycles. The van der Waals surface area contributed by atoms with Gasteiger partial charge in [0.25, 0.3) is 0 Å². The van der Waals surface area contributed by atoms with Gasteiger partial charge in [0.05, 0.1) is 19.2 Å². The van der Waals surface area contributed by atoms with Crippen LogP contribution < -0.4 is 18.9 Å². The lowest BCUT2D eigenvalue weighted by atomic mass is 9.70. The van der Waals surface area contributed by atoms with Gasteiger partial charge in [-0.1, -0.05) is 43.3 Å². The minimum Gasteiger partial charge on any atom is -0.496 e. The molecule has 5 atom stereocenters. The van der Waals surface area contributed by atoms with Crippen LogP contribution in [0.4, 0.5) is 0 Å². The van der Waals surface area contributed by atoms with Gasteiger partial charge >= 0.3 is 0 Å². The molecule has 0 aromatic heterocycles. The molecule has 0 spiro atoms. The first-order valence-corrected chi connectivity index (χ1v) is 15.1. The maximum Gasteiger partial charge on any atom is 0.231 e. The first kappa shape index (κ1) is 27.1. The zero-order valence-corrected chi connectivity index (χ0v) is 25.4. The quantitative estimate of drug-likeness (QED) is 0.370. The maximum atomic E-state index is 10.7. The molecule has 2 bridgehead atoms. The fourth-order valence-corrected chi connectivity index (χ4v) is 8.50. The van der Waals surface area contributed by atoms with Crippen molar-refractivity contribution in [1.82, 2.24) is 9.80 Å². The van der Waals surface area contributed by atoms with E-state index in [2.05, 4.69) is 68.8 Å². The van der Waals surface area contributed by atoms with Crippen LogP contribution in [-0.4, -0.2) is 48.9 Å². The third kappa shape index (κ3) is 3.78. The fourth-order valence-electron chi connectivity index (χ4n) is 8.50. The van der Waals surface area contributed by atoms with Gasteiger partial charge in [0, 0.05) is 34.8 Å². The average molecular weight is 566 g/mol. The van der Waals surface area contributed by atoms with E-state index in [1.165, 1.54) is 22.3 Å². The monoisotopic (exact) mass is 565 g/mol. The Morgan fingerprint density at radius 3 is 2.45 bits per heavy atom. The van der Waals surface area contributed by atoms with Gasteiger partial charge in [-0.15, -0.1) is 0 Å². The molecule has 218 valence electrons. The van der Waals surface area contributed by atoms with E-state index in [1.807, 2.05) is 18.2 Å². The molecule has 3 aromatic rings. The summed E-state index contributed by atoms with van der Waals surface area (Å²) in [6, 6.07) is 15.4. The van der Waals surface area contributed by atoms with Crippen molar-refractivity contribution in [3.05, 3.63) is 80.9 Å². The molecule has 3 aromatic carbocycles. The van der Waals surface area contributed by atoms with Crippen LogP contribution in [0.2, 0.25) is 0 Å². The lowest BCUT2D eigenvalue weighted by Crippen LogP contribution is -2.68. The Morgan fingerprint density at radius 2 is 1.74 bits per heavy atom. The lowest BCUT2D eigenvalue weighted by molar-refractivity contribution is -0.0732. The van der Waals surface area contributed by atoms with E-state index >= 15 is 0 Å². The molecule has 4 heterocycles. The Hall–Kier alpha value is -3.73. The van der Waals surface area contributed by atoms with Crippen LogP contribution in [0.1, 0.15) is 69.9 Å². The van der Waals surface area contributed by atoms with Crippen molar-refractivity contribution in [1.29, 1.82) is 5.26 Å². The van der Waals surface area contributed by atoms with E-state index in [-0.39, 0.29) is 37.0 Å².